The van der Waals surface area contributed by atoms with Crippen LogP contribution in [0.1, 0.15) is 0 Å². The summed E-state index contributed by atoms with van der Waals surface area (Å²) in [4.78, 5) is 4.67. The molecular weight excluding hydrogens is 549 g/mol. The first-order valence-electron chi connectivity index (χ1n) is 14.0. The zero-order valence-electron chi connectivity index (χ0n) is 22.7. The Balaban J connectivity index is 1.24. The SMILES string of the molecule is c1ccc(N(c2ccccc2)c2ccc3c(c2)sc2sc4cc(N(c5ccccc5)c5ccccc5)ccc4c23)cc1. The van der Waals surface area contributed by atoms with Crippen LogP contribution in [0.15, 0.2) is 158 Å². The van der Waals surface area contributed by atoms with E-state index in [4.69, 9.17) is 0 Å². The Bertz CT molecular complexity index is 1900. The van der Waals surface area contributed by atoms with Crippen LogP contribution in [0, 0.1) is 0 Å². The zero-order chi connectivity index (χ0) is 27.9. The normalized spacial score (nSPS) is 11.3. The second-order valence-electron chi connectivity index (χ2n) is 10.2. The molecule has 0 saturated carbocycles. The van der Waals surface area contributed by atoms with Crippen LogP contribution in [0.25, 0.3) is 29.6 Å². The monoisotopic (exact) mass is 574 g/mol. The number of benzene rings is 6. The molecule has 4 heteroatoms. The lowest BCUT2D eigenvalue weighted by atomic mass is 10.1. The van der Waals surface area contributed by atoms with Crippen molar-refractivity contribution in [3.63, 3.8) is 0 Å². The molecule has 0 aliphatic carbocycles. The predicted octanol–water partition coefficient (Wildman–Crippen LogP) is 12.2. The third-order valence-corrected chi connectivity index (χ3v) is 10.0. The Morgan fingerprint density at radius 2 is 0.667 bits per heavy atom. The molecule has 0 aliphatic heterocycles. The van der Waals surface area contributed by atoms with E-state index in [1.807, 2.05) is 22.7 Å². The molecule has 0 fully saturated rings. The van der Waals surface area contributed by atoms with Gasteiger partial charge in [-0.15, -0.1) is 22.7 Å². The molecule has 0 saturated heterocycles. The van der Waals surface area contributed by atoms with Crippen LogP contribution in [0.2, 0.25) is 0 Å². The number of anilines is 6. The van der Waals surface area contributed by atoms with Gasteiger partial charge in [0.15, 0.2) is 0 Å². The smallest absolute Gasteiger partial charge is 0.0890 e. The van der Waals surface area contributed by atoms with Crippen LogP contribution in [0.3, 0.4) is 0 Å². The summed E-state index contributed by atoms with van der Waals surface area (Å²) in [6.45, 7) is 0. The number of fused-ring (bicyclic) bond motifs is 5. The van der Waals surface area contributed by atoms with Gasteiger partial charge in [0, 0.05) is 59.7 Å². The number of hydrogen-bond acceptors (Lipinski definition) is 4. The number of thiophene rings is 2. The molecule has 0 aliphatic rings. The Kier molecular flexibility index (Phi) is 6.21. The van der Waals surface area contributed by atoms with Gasteiger partial charge in [-0.25, -0.2) is 0 Å². The summed E-state index contributed by atoms with van der Waals surface area (Å²) in [7, 11) is 0. The van der Waals surface area contributed by atoms with Crippen LogP contribution in [0.4, 0.5) is 34.1 Å². The highest BCUT2D eigenvalue weighted by Crippen LogP contribution is 2.47. The summed E-state index contributed by atoms with van der Waals surface area (Å²) in [5.74, 6) is 0. The highest BCUT2D eigenvalue weighted by Gasteiger charge is 2.18. The van der Waals surface area contributed by atoms with E-state index in [2.05, 4.69) is 168 Å². The Hall–Kier alpha value is -4.90. The average molecular weight is 575 g/mol. The molecule has 0 bridgehead atoms. The summed E-state index contributed by atoms with van der Waals surface area (Å²) < 4.78 is 3.99. The summed E-state index contributed by atoms with van der Waals surface area (Å²) in [6.07, 6.45) is 0. The Morgan fingerprint density at radius 3 is 1.00 bits per heavy atom. The number of para-hydroxylation sites is 4. The van der Waals surface area contributed by atoms with Gasteiger partial charge in [-0.2, -0.15) is 0 Å². The van der Waals surface area contributed by atoms with Gasteiger partial charge in [0.1, 0.15) is 0 Å². The molecular formula is C38H26N2S2. The molecule has 8 rings (SSSR count). The van der Waals surface area contributed by atoms with Crippen molar-refractivity contribution in [2.24, 2.45) is 0 Å². The lowest BCUT2D eigenvalue weighted by Crippen LogP contribution is -2.09. The lowest BCUT2D eigenvalue weighted by molar-refractivity contribution is 1.29. The first-order chi connectivity index (χ1) is 20.8. The van der Waals surface area contributed by atoms with Crippen molar-refractivity contribution in [2.75, 3.05) is 9.80 Å². The fourth-order valence-corrected chi connectivity index (χ4v) is 8.44. The van der Waals surface area contributed by atoms with Crippen molar-refractivity contribution in [3.05, 3.63) is 158 Å². The van der Waals surface area contributed by atoms with E-state index < -0.39 is 0 Å². The standard InChI is InChI=1S/C38H26N2S2/c1-5-13-27(14-6-1)39(28-15-7-2-8-16-28)31-21-23-33-35(25-31)41-38-37(33)34-24-22-32(26-36(34)42-38)40(29-17-9-3-10-18-29)30-19-11-4-12-20-30/h1-26H. The van der Waals surface area contributed by atoms with Crippen LogP contribution in [-0.4, -0.2) is 0 Å². The van der Waals surface area contributed by atoms with Crippen molar-refractivity contribution in [2.45, 2.75) is 0 Å². The van der Waals surface area contributed by atoms with Crippen LogP contribution < -0.4 is 9.80 Å². The quantitative estimate of drug-likeness (QED) is 0.195. The van der Waals surface area contributed by atoms with E-state index in [1.54, 1.807) is 0 Å². The molecule has 0 spiro atoms. The molecule has 6 aromatic carbocycles. The molecule has 0 N–H and O–H groups in total. The molecule has 0 unspecified atom stereocenters. The topological polar surface area (TPSA) is 6.48 Å². The number of rotatable bonds is 6. The molecule has 0 amide bonds. The van der Waals surface area contributed by atoms with Crippen molar-refractivity contribution in [1.29, 1.82) is 0 Å². The molecule has 2 heterocycles. The fraction of sp³-hybridized carbons (Fsp3) is 0. The van der Waals surface area contributed by atoms with Crippen LogP contribution >= 0.6 is 22.7 Å². The molecule has 2 nitrogen and oxygen atoms in total. The first-order valence-corrected chi connectivity index (χ1v) is 15.7. The molecule has 2 aromatic heterocycles. The van der Waals surface area contributed by atoms with E-state index in [0.717, 1.165) is 22.7 Å². The second kappa shape index (κ2) is 10.5. The maximum Gasteiger partial charge on any atom is 0.0890 e. The van der Waals surface area contributed by atoms with Crippen molar-refractivity contribution in [3.8, 4) is 0 Å². The van der Waals surface area contributed by atoms with Gasteiger partial charge in [-0.05, 0) is 72.8 Å². The lowest BCUT2D eigenvalue weighted by Gasteiger charge is -2.25. The Morgan fingerprint density at radius 1 is 0.333 bits per heavy atom. The third-order valence-electron chi connectivity index (χ3n) is 7.65. The maximum absolute atomic E-state index is 2.35. The molecule has 200 valence electrons. The summed E-state index contributed by atoms with van der Waals surface area (Å²) in [6, 6.07) is 56.3. The van der Waals surface area contributed by atoms with E-state index in [9.17, 15) is 0 Å². The first kappa shape index (κ1) is 24.9. The second-order valence-corrected chi connectivity index (χ2v) is 12.6. The molecule has 0 radical (unpaired) electrons. The van der Waals surface area contributed by atoms with E-state index in [-0.39, 0.29) is 0 Å². The van der Waals surface area contributed by atoms with Gasteiger partial charge in [0.05, 0.1) is 4.01 Å². The number of nitrogens with zero attached hydrogens (tertiary/aromatic N) is 2. The van der Waals surface area contributed by atoms with E-state index >= 15 is 0 Å². The predicted molar refractivity (Wildman–Crippen MR) is 184 cm³/mol. The summed E-state index contributed by atoms with van der Waals surface area (Å²) >= 11 is 3.79. The van der Waals surface area contributed by atoms with Crippen LogP contribution in [0.5, 0.6) is 0 Å². The zero-order valence-corrected chi connectivity index (χ0v) is 24.4. The van der Waals surface area contributed by atoms with Gasteiger partial charge in [0.25, 0.3) is 0 Å². The van der Waals surface area contributed by atoms with Gasteiger partial charge in [-0.3, -0.25) is 0 Å². The van der Waals surface area contributed by atoms with Gasteiger partial charge < -0.3 is 9.80 Å². The van der Waals surface area contributed by atoms with Crippen LogP contribution in [-0.2, 0) is 0 Å². The molecule has 8 aromatic rings. The van der Waals surface area contributed by atoms with Gasteiger partial charge in [-0.1, -0.05) is 84.9 Å². The summed E-state index contributed by atoms with van der Waals surface area (Å²) in [5.41, 5.74) is 6.95. The summed E-state index contributed by atoms with van der Waals surface area (Å²) in [5, 5.41) is 4.01. The van der Waals surface area contributed by atoms with E-state index in [0.29, 0.717) is 0 Å². The maximum atomic E-state index is 2.35. The third kappa shape index (κ3) is 4.33. The average Bonchev–Trinajstić information content (AvgIpc) is 3.58. The highest BCUT2D eigenvalue weighted by atomic mass is 32.2. The minimum absolute atomic E-state index is 1.15. The van der Waals surface area contributed by atoms with E-state index in [1.165, 1.54) is 40.9 Å². The molecule has 42 heavy (non-hydrogen) atoms. The number of hydrogen-bond donors (Lipinski definition) is 0. The molecule has 0 atom stereocenters. The fourth-order valence-electron chi connectivity index (χ4n) is 5.77. The Labute approximate surface area is 253 Å². The highest BCUT2D eigenvalue weighted by molar-refractivity contribution is 7.44. The van der Waals surface area contributed by atoms with Crippen molar-refractivity contribution < 1.29 is 0 Å². The van der Waals surface area contributed by atoms with Gasteiger partial charge >= 0.3 is 0 Å². The minimum atomic E-state index is 1.15. The van der Waals surface area contributed by atoms with Gasteiger partial charge in [0.2, 0.25) is 0 Å². The largest absolute Gasteiger partial charge is 0.310 e. The minimum Gasteiger partial charge on any atom is -0.310 e. The van der Waals surface area contributed by atoms with Crippen molar-refractivity contribution in [1.82, 2.24) is 0 Å². The van der Waals surface area contributed by atoms with Crippen molar-refractivity contribution >= 4 is 86.4 Å².